The largest absolute Gasteiger partial charge is 0.466 e. The Labute approximate surface area is 214 Å². The van der Waals surface area contributed by atoms with E-state index in [1.807, 2.05) is 38.1 Å². The number of aromatic nitrogens is 1. The molecule has 1 aliphatic heterocycles. The highest BCUT2D eigenvalue weighted by atomic mass is 19.1. The maximum absolute atomic E-state index is 14.9. The molecule has 1 N–H and O–H groups in total. The van der Waals surface area contributed by atoms with Gasteiger partial charge in [0.1, 0.15) is 11.6 Å². The number of hydrogen-bond acceptors (Lipinski definition) is 6. The summed E-state index contributed by atoms with van der Waals surface area (Å²) >= 11 is 0. The van der Waals surface area contributed by atoms with Crippen molar-refractivity contribution in [3.8, 4) is 0 Å². The molecule has 3 aromatic rings. The van der Waals surface area contributed by atoms with Gasteiger partial charge in [0.25, 0.3) is 0 Å². The molecule has 6 nitrogen and oxygen atoms in total. The Bertz CT molecular complexity index is 1320. The molecule has 8 heteroatoms. The first kappa shape index (κ1) is 24.9. The van der Waals surface area contributed by atoms with Crippen LogP contribution in [0.25, 0.3) is 0 Å². The predicted octanol–water partition coefficient (Wildman–Crippen LogP) is 5.31. The Morgan fingerprint density at radius 1 is 1.14 bits per heavy atom. The average Bonchev–Trinajstić information content (AvgIpc) is 3.39. The molecule has 2 unspecified atom stereocenters. The number of pyridine rings is 1. The lowest BCUT2D eigenvalue weighted by Gasteiger charge is -2.24. The molecule has 1 aromatic heterocycles. The molecule has 1 saturated heterocycles. The number of fused-ring (bicyclic) bond motifs is 1. The lowest BCUT2D eigenvalue weighted by molar-refractivity contribution is -0.145. The fourth-order valence-electron chi connectivity index (χ4n) is 5.57. The van der Waals surface area contributed by atoms with E-state index in [2.05, 4.69) is 15.0 Å². The van der Waals surface area contributed by atoms with Crippen molar-refractivity contribution in [3.63, 3.8) is 0 Å². The molecular formula is C29H29F2N3O3. The Kier molecular flexibility index (Phi) is 6.91. The Balaban J connectivity index is 1.38. The number of benzene rings is 2. The van der Waals surface area contributed by atoms with Crippen LogP contribution < -0.4 is 4.90 Å². The summed E-state index contributed by atoms with van der Waals surface area (Å²) in [5.74, 6) is -1.24. The van der Waals surface area contributed by atoms with Gasteiger partial charge < -0.3 is 14.8 Å². The van der Waals surface area contributed by atoms with Gasteiger partial charge in [0, 0.05) is 54.6 Å². The zero-order chi connectivity index (χ0) is 26.1. The molecule has 0 radical (unpaired) electrons. The van der Waals surface area contributed by atoms with Crippen molar-refractivity contribution in [3.05, 3.63) is 94.8 Å². The van der Waals surface area contributed by atoms with Crippen molar-refractivity contribution in [2.75, 3.05) is 24.6 Å². The number of oxime groups is 1. The molecule has 1 saturated carbocycles. The van der Waals surface area contributed by atoms with Crippen LogP contribution in [-0.2, 0) is 9.53 Å². The maximum atomic E-state index is 14.9. The molecule has 2 aliphatic rings. The van der Waals surface area contributed by atoms with Gasteiger partial charge in [-0.1, -0.05) is 23.4 Å². The molecule has 1 aliphatic carbocycles. The molecule has 0 spiro atoms. The second-order valence-electron chi connectivity index (χ2n) is 9.76. The van der Waals surface area contributed by atoms with Crippen LogP contribution in [-0.4, -0.2) is 41.6 Å². The van der Waals surface area contributed by atoms with Crippen LogP contribution in [0, 0.1) is 36.3 Å². The topological polar surface area (TPSA) is 75.0 Å². The number of halogens is 2. The minimum absolute atomic E-state index is 0.00863. The van der Waals surface area contributed by atoms with Crippen LogP contribution in [0.4, 0.5) is 14.5 Å². The Morgan fingerprint density at radius 2 is 1.86 bits per heavy atom. The van der Waals surface area contributed by atoms with E-state index in [4.69, 9.17) is 4.74 Å². The number of anilines is 1. The summed E-state index contributed by atoms with van der Waals surface area (Å²) in [6, 6.07) is 14.9. The molecule has 2 fully saturated rings. The fraction of sp³-hybridized carbons (Fsp3) is 0.345. The van der Waals surface area contributed by atoms with Crippen molar-refractivity contribution in [2.45, 2.75) is 26.2 Å². The zero-order valence-electron chi connectivity index (χ0n) is 20.8. The molecule has 5 rings (SSSR count). The third kappa shape index (κ3) is 5.05. The van der Waals surface area contributed by atoms with Gasteiger partial charge in [-0.2, -0.15) is 0 Å². The van der Waals surface area contributed by atoms with Crippen molar-refractivity contribution in [1.82, 2.24) is 4.98 Å². The second-order valence-corrected chi connectivity index (χ2v) is 9.76. The lowest BCUT2D eigenvalue weighted by atomic mass is 9.85. The highest BCUT2D eigenvalue weighted by molar-refractivity contribution is 6.01. The summed E-state index contributed by atoms with van der Waals surface area (Å²) in [5, 5.41) is 13.3. The van der Waals surface area contributed by atoms with E-state index in [9.17, 15) is 18.8 Å². The molecule has 0 amide bonds. The SMILES string of the molecule is CCOC(=O)C1[C@H]2CN(c3ccc(C(CC(=NO)c4ccnc(C)c4)c4ccc(F)cc4F)cc3)C[C@@H]12. The quantitative estimate of drug-likeness (QED) is 0.194. The zero-order valence-corrected chi connectivity index (χ0v) is 20.8. The standard InChI is InChI=1S/C29H29F2N3O3/c1-3-37-29(35)28-24-15-34(16-25(24)28)21-7-4-18(5-8-21)23(22-9-6-20(30)13-26(22)31)14-27(33-36)19-10-11-32-17(2)12-19/h4-13,23-25,28,36H,3,14-16H2,1-2H3/t23?,24-,25+,28?. The first-order valence-electron chi connectivity index (χ1n) is 12.5. The summed E-state index contributed by atoms with van der Waals surface area (Å²) in [6.45, 7) is 5.66. The Hall–Kier alpha value is -3.81. The molecule has 37 heavy (non-hydrogen) atoms. The number of hydrogen-bond donors (Lipinski definition) is 1. The van der Waals surface area contributed by atoms with Crippen LogP contribution in [0.1, 0.15) is 41.6 Å². The third-order valence-corrected chi connectivity index (χ3v) is 7.50. The molecule has 192 valence electrons. The van der Waals surface area contributed by atoms with E-state index in [1.54, 1.807) is 18.3 Å². The van der Waals surface area contributed by atoms with E-state index in [0.717, 1.165) is 36.1 Å². The van der Waals surface area contributed by atoms with Crippen molar-refractivity contribution < 1.29 is 23.5 Å². The molecule has 0 bridgehead atoms. The lowest BCUT2D eigenvalue weighted by Crippen LogP contribution is -2.26. The van der Waals surface area contributed by atoms with Gasteiger partial charge in [0.2, 0.25) is 0 Å². The van der Waals surface area contributed by atoms with E-state index < -0.39 is 17.6 Å². The molecule has 2 aromatic carbocycles. The van der Waals surface area contributed by atoms with Gasteiger partial charge in [0.05, 0.1) is 18.2 Å². The van der Waals surface area contributed by atoms with Gasteiger partial charge in [0.15, 0.2) is 0 Å². The normalized spacial score (nSPS) is 21.5. The van der Waals surface area contributed by atoms with Crippen LogP contribution >= 0.6 is 0 Å². The number of nitrogens with zero attached hydrogens (tertiary/aromatic N) is 3. The van der Waals surface area contributed by atoms with E-state index in [1.165, 1.54) is 12.1 Å². The van der Waals surface area contributed by atoms with Crippen LogP contribution in [0.3, 0.4) is 0 Å². The highest BCUT2D eigenvalue weighted by Crippen LogP contribution is 2.53. The van der Waals surface area contributed by atoms with E-state index in [-0.39, 0.29) is 18.3 Å². The summed E-state index contributed by atoms with van der Waals surface area (Å²) in [7, 11) is 0. The number of aryl methyl sites for hydroxylation is 1. The minimum atomic E-state index is -0.651. The van der Waals surface area contributed by atoms with Gasteiger partial charge in [-0.3, -0.25) is 9.78 Å². The monoisotopic (exact) mass is 505 g/mol. The maximum Gasteiger partial charge on any atom is 0.309 e. The van der Waals surface area contributed by atoms with E-state index in [0.29, 0.717) is 35.3 Å². The van der Waals surface area contributed by atoms with E-state index >= 15 is 0 Å². The average molecular weight is 506 g/mol. The van der Waals surface area contributed by atoms with Crippen molar-refractivity contribution in [2.24, 2.45) is 22.9 Å². The van der Waals surface area contributed by atoms with Gasteiger partial charge in [-0.15, -0.1) is 0 Å². The van der Waals surface area contributed by atoms with Crippen LogP contribution in [0.15, 0.2) is 65.9 Å². The first-order valence-corrected chi connectivity index (χ1v) is 12.5. The summed E-state index contributed by atoms with van der Waals surface area (Å²) in [5.41, 5.74) is 3.99. The van der Waals surface area contributed by atoms with Gasteiger partial charge >= 0.3 is 5.97 Å². The molecular weight excluding hydrogens is 476 g/mol. The number of carbonyl (C=O) groups is 1. The summed E-state index contributed by atoms with van der Waals surface area (Å²) in [4.78, 5) is 18.5. The highest BCUT2D eigenvalue weighted by Gasteiger charge is 2.60. The third-order valence-electron chi connectivity index (χ3n) is 7.50. The van der Waals surface area contributed by atoms with Crippen LogP contribution in [0.2, 0.25) is 0 Å². The predicted molar refractivity (Wildman–Crippen MR) is 136 cm³/mol. The number of ether oxygens (including phenoxy) is 1. The minimum Gasteiger partial charge on any atom is -0.466 e. The number of esters is 1. The van der Waals surface area contributed by atoms with Crippen LogP contribution in [0.5, 0.6) is 0 Å². The number of rotatable bonds is 8. The summed E-state index contributed by atoms with van der Waals surface area (Å²) in [6.07, 6.45) is 1.84. The summed E-state index contributed by atoms with van der Waals surface area (Å²) < 4.78 is 33.8. The number of piperidine rings is 1. The molecule has 2 heterocycles. The smallest absolute Gasteiger partial charge is 0.309 e. The van der Waals surface area contributed by atoms with Gasteiger partial charge in [-0.05, 0) is 67.1 Å². The first-order chi connectivity index (χ1) is 17.9. The molecule has 4 atom stereocenters. The van der Waals surface area contributed by atoms with Crippen molar-refractivity contribution in [1.29, 1.82) is 0 Å². The fourth-order valence-corrected chi connectivity index (χ4v) is 5.57. The van der Waals surface area contributed by atoms with Crippen molar-refractivity contribution >= 4 is 17.4 Å². The second kappa shape index (κ2) is 10.3. The number of carbonyl (C=O) groups excluding carboxylic acids is 1. The van der Waals surface area contributed by atoms with Gasteiger partial charge in [-0.25, -0.2) is 8.78 Å². The Morgan fingerprint density at radius 3 is 2.49 bits per heavy atom.